The monoisotopic (exact) mass is 586 g/mol. The van der Waals surface area contributed by atoms with Crippen LogP contribution in [0, 0.1) is 0 Å². The number of hydrogen-bond acceptors (Lipinski definition) is 3. The first-order chi connectivity index (χ1) is 22.1. The maximum atomic E-state index is 6.64. The summed E-state index contributed by atoms with van der Waals surface area (Å²) in [5.41, 5.74) is 14.4. The molecule has 4 heteroatoms. The van der Waals surface area contributed by atoms with E-state index in [1.807, 2.05) is 105 Å². The van der Waals surface area contributed by atoms with Crippen molar-refractivity contribution in [3.05, 3.63) is 169 Å². The predicted molar refractivity (Wildman–Crippen MR) is 191 cm³/mol. The standard InChI is InChI=1S/C41H34N2O2/c1-4-7-8-9-10-14-19-36(29(15-5-2)16-6-3)43-41(42)31-21-25-38-35(27-31)33-23-22-32-34-26-30(28-17-12-11-13-18-28)20-24-37(34)44-39(32)40(33)45-38/h4-27H,2H2,1,3H3,(H2,42,43)/b7-4+,9-8-,14-10-,16-6-,29-15+,36-19-. The second kappa shape index (κ2) is 13.2. The molecule has 0 aliphatic rings. The Labute approximate surface area is 262 Å². The van der Waals surface area contributed by atoms with E-state index in [0.29, 0.717) is 11.4 Å². The van der Waals surface area contributed by atoms with Gasteiger partial charge in [0.25, 0.3) is 0 Å². The Kier molecular flexibility index (Phi) is 8.56. The number of fused-ring (bicyclic) bond motifs is 7. The minimum Gasteiger partial charge on any atom is -0.452 e. The predicted octanol–water partition coefficient (Wildman–Crippen LogP) is 11.1. The van der Waals surface area contributed by atoms with E-state index in [-0.39, 0.29) is 0 Å². The first-order valence-electron chi connectivity index (χ1n) is 14.9. The first kappa shape index (κ1) is 29.2. The lowest BCUT2D eigenvalue weighted by atomic mass is 10.0. The van der Waals surface area contributed by atoms with E-state index >= 15 is 0 Å². The van der Waals surface area contributed by atoms with Crippen LogP contribution in [0.3, 0.4) is 0 Å². The third-order valence-corrected chi connectivity index (χ3v) is 7.55. The summed E-state index contributed by atoms with van der Waals surface area (Å²) in [4.78, 5) is 4.85. The van der Waals surface area contributed by atoms with Crippen LogP contribution in [-0.4, -0.2) is 5.84 Å². The van der Waals surface area contributed by atoms with Gasteiger partial charge < -0.3 is 14.6 Å². The smallest absolute Gasteiger partial charge is 0.178 e. The lowest BCUT2D eigenvalue weighted by Crippen LogP contribution is -2.13. The van der Waals surface area contributed by atoms with Crippen LogP contribution in [-0.2, 0) is 0 Å². The zero-order chi connectivity index (χ0) is 31.2. The topological polar surface area (TPSA) is 64.7 Å². The van der Waals surface area contributed by atoms with Crippen LogP contribution in [0.1, 0.15) is 19.4 Å². The molecule has 0 saturated carbocycles. The summed E-state index contributed by atoms with van der Waals surface area (Å²) < 4.78 is 12.8. The van der Waals surface area contributed by atoms with E-state index < -0.39 is 0 Å². The van der Waals surface area contributed by atoms with Gasteiger partial charge in [-0.3, -0.25) is 0 Å². The van der Waals surface area contributed by atoms with Crippen molar-refractivity contribution in [3.8, 4) is 11.1 Å². The Balaban J connectivity index is 1.42. The van der Waals surface area contributed by atoms with Gasteiger partial charge in [0.15, 0.2) is 11.2 Å². The van der Waals surface area contributed by atoms with Crippen LogP contribution in [0.5, 0.6) is 0 Å². The number of nitrogens with two attached hydrogens (primary N) is 1. The average Bonchev–Trinajstić information content (AvgIpc) is 3.63. The molecule has 0 saturated heterocycles. The number of amidine groups is 1. The van der Waals surface area contributed by atoms with Crippen molar-refractivity contribution in [1.82, 2.24) is 0 Å². The highest BCUT2D eigenvalue weighted by Crippen LogP contribution is 2.40. The molecule has 0 unspecified atom stereocenters. The highest BCUT2D eigenvalue weighted by Gasteiger charge is 2.17. The first-order valence-corrected chi connectivity index (χ1v) is 14.9. The van der Waals surface area contributed by atoms with Crippen LogP contribution < -0.4 is 5.73 Å². The van der Waals surface area contributed by atoms with Crippen molar-refractivity contribution in [2.24, 2.45) is 10.7 Å². The van der Waals surface area contributed by atoms with Gasteiger partial charge in [0.1, 0.15) is 17.0 Å². The number of furan rings is 2. The maximum Gasteiger partial charge on any atom is 0.178 e. The Morgan fingerprint density at radius 3 is 2.02 bits per heavy atom. The van der Waals surface area contributed by atoms with Gasteiger partial charge >= 0.3 is 0 Å². The van der Waals surface area contributed by atoms with E-state index in [9.17, 15) is 0 Å². The molecule has 0 spiro atoms. The highest BCUT2D eigenvalue weighted by molar-refractivity contribution is 6.19. The highest BCUT2D eigenvalue weighted by atomic mass is 16.4. The fourth-order valence-electron chi connectivity index (χ4n) is 5.41. The van der Waals surface area contributed by atoms with E-state index in [2.05, 4.69) is 55.1 Å². The molecular weight excluding hydrogens is 552 g/mol. The second-order valence-corrected chi connectivity index (χ2v) is 10.5. The molecule has 2 N–H and O–H groups in total. The van der Waals surface area contributed by atoms with Gasteiger partial charge in [-0.2, -0.15) is 0 Å². The van der Waals surface area contributed by atoms with E-state index in [1.165, 1.54) is 5.56 Å². The molecule has 6 rings (SSSR count). The molecule has 0 aliphatic carbocycles. The van der Waals surface area contributed by atoms with Crippen molar-refractivity contribution in [3.63, 3.8) is 0 Å². The summed E-state index contributed by atoms with van der Waals surface area (Å²) in [6.07, 6.45) is 21.4. The number of rotatable bonds is 9. The number of nitrogens with zero attached hydrogens (tertiary/aromatic N) is 1. The SMILES string of the molecule is C=C/C=C(\C=C/C)C(=C/C=C\C=C/C=C/C)/N=C(N)c1ccc2oc3c(ccc4c5cc(-c6ccccc6)ccc5oc43)c2c1. The lowest BCUT2D eigenvalue weighted by molar-refractivity contribution is 0.633. The van der Waals surface area contributed by atoms with Crippen molar-refractivity contribution >= 4 is 49.7 Å². The fraction of sp³-hybridized carbons (Fsp3) is 0.0488. The summed E-state index contributed by atoms with van der Waals surface area (Å²) in [5, 5.41) is 3.98. The molecule has 4 aromatic carbocycles. The van der Waals surface area contributed by atoms with Gasteiger partial charge in [-0.25, -0.2) is 4.99 Å². The zero-order valence-electron chi connectivity index (χ0n) is 25.4. The molecule has 0 aliphatic heterocycles. The van der Waals surface area contributed by atoms with E-state index in [4.69, 9.17) is 19.6 Å². The molecule has 2 heterocycles. The summed E-state index contributed by atoms with van der Waals surface area (Å²) in [5.74, 6) is 0.396. The minimum absolute atomic E-state index is 0.396. The average molecular weight is 587 g/mol. The molecule has 220 valence electrons. The molecule has 45 heavy (non-hydrogen) atoms. The molecule has 0 radical (unpaired) electrons. The minimum atomic E-state index is 0.396. The molecule has 6 aromatic rings. The molecule has 0 atom stereocenters. The largest absolute Gasteiger partial charge is 0.452 e. The van der Waals surface area contributed by atoms with Crippen LogP contribution in [0.4, 0.5) is 0 Å². The molecule has 2 aromatic heterocycles. The second-order valence-electron chi connectivity index (χ2n) is 10.5. The van der Waals surface area contributed by atoms with Crippen LogP contribution in [0.15, 0.2) is 177 Å². The summed E-state index contributed by atoms with van der Waals surface area (Å²) >= 11 is 0. The Bertz CT molecular complexity index is 2250. The zero-order valence-corrected chi connectivity index (χ0v) is 25.4. The van der Waals surface area contributed by atoms with Crippen LogP contribution in [0.2, 0.25) is 0 Å². The van der Waals surface area contributed by atoms with Gasteiger partial charge in [0.2, 0.25) is 0 Å². The molecule has 0 amide bonds. The number of hydrogen-bond donors (Lipinski definition) is 1. The third kappa shape index (κ3) is 5.99. The third-order valence-electron chi connectivity index (χ3n) is 7.55. The van der Waals surface area contributed by atoms with Crippen molar-refractivity contribution in [2.75, 3.05) is 0 Å². The Morgan fingerprint density at radius 2 is 1.33 bits per heavy atom. The van der Waals surface area contributed by atoms with Crippen molar-refractivity contribution < 1.29 is 8.83 Å². The van der Waals surface area contributed by atoms with Gasteiger partial charge in [-0.05, 0) is 79.1 Å². The molecule has 0 fully saturated rings. The van der Waals surface area contributed by atoms with Crippen molar-refractivity contribution in [1.29, 1.82) is 0 Å². The quantitative estimate of drug-likeness (QED) is 0.104. The van der Waals surface area contributed by atoms with Gasteiger partial charge in [0, 0.05) is 27.1 Å². The Morgan fingerprint density at radius 1 is 0.667 bits per heavy atom. The molecule has 4 nitrogen and oxygen atoms in total. The normalized spacial score (nSPS) is 13.8. The maximum absolute atomic E-state index is 6.64. The van der Waals surface area contributed by atoms with Gasteiger partial charge in [-0.1, -0.05) is 104 Å². The van der Waals surface area contributed by atoms with Crippen molar-refractivity contribution in [2.45, 2.75) is 13.8 Å². The molecule has 0 bridgehead atoms. The number of aliphatic imine (C=N–C) groups is 1. The Hall–Kier alpha value is -5.87. The summed E-state index contributed by atoms with van der Waals surface area (Å²) in [7, 11) is 0. The van der Waals surface area contributed by atoms with E-state index in [1.54, 1.807) is 6.08 Å². The number of allylic oxidation sites excluding steroid dienone is 11. The van der Waals surface area contributed by atoms with Crippen LogP contribution in [0.25, 0.3) is 55.0 Å². The number of benzene rings is 4. The fourth-order valence-corrected chi connectivity index (χ4v) is 5.41. The van der Waals surface area contributed by atoms with Crippen LogP contribution >= 0.6 is 0 Å². The summed E-state index contributed by atoms with van der Waals surface area (Å²) in [6, 6.07) is 26.8. The van der Waals surface area contributed by atoms with E-state index in [0.717, 1.165) is 60.7 Å². The lowest BCUT2D eigenvalue weighted by Gasteiger charge is -2.06. The van der Waals surface area contributed by atoms with Gasteiger partial charge in [0.05, 0.1) is 5.70 Å². The summed E-state index contributed by atoms with van der Waals surface area (Å²) in [6.45, 7) is 7.82. The molecular formula is C41H34N2O2. The van der Waals surface area contributed by atoms with Gasteiger partial charge in [-0.15, -0.1) is 0 Å².